The van der Waals surface area contributed by atoms with Gasteiger partial charge in [-0.3, -0.25) is 9.78 Å². The van der Waals surface area contributed by atoms with Gasteiger partial charge in [0.1, 0.15) is 18.2 Å². The van der Waals surface area contributed by atoms with Crippen molar-refractivity contribution in [3.8, 4) is 16.9 Å². The lowest BCUT2D eigenvalue weighted by Crippen LogP contribution is -2.54. The molecular weight excluding hydrogens is 561 g/mol. The summed E-state index contributed by atoms with van der Waals surface area (Å²) in [6.07, 6.45) is 1.70. The zero-order valence-corrected chi connectivity index (χ0v) is 24.4. The summed E-state index contributed by atoms with van der Waals surface area (Å²) in [5, 5.41) is 4.08. The van der Waals surface area contributed by atoms with Gasteiger partial charge in [-0.05, 0) is 55.1 Å². The highest BCUT2D eigenvalue weighted by molar-refractivity contribution is 6.33. The first-order chi connectivity index (χ1) is 20.1. The average molecular weight is 590 g/mol. The number of carbonyl (C=O) groups is 1. The molecule has 0 aliphatic carbocycles. The number of aryl methyl sites for hydroxylation is 1. The largest absolute Gasteiger partial charge is 0.355 e. The summed E-state index contributed by atoms with van der Waals surface area (Å²) in [6.45, 7) is 8.55. The van der Waals surface area contributed by atoms with E-state index in [9.17, 15) is 14.0 Å². The molecule has 11 nitrogen and oxygen atoms in total. The first-order valence-electron chi connectivity index (χ1n) is 13.5. The van der Waals surface area contributed by atoms with Crippen LogP contribution < -0.4 is 10.6 Å². The molecule has 0 N–H and O–H groups in total. The van der Waals surface area contributed by atoms with Gasteiger partial charge in [0.05, 0.1) is 27.5 Å². The molecule has 0 radical (unpaired) electrons. The highest BCUT2D eigenvalue weighted by atomic mass is 35.5. The molecule has 0 bridgehead atoms. The minimum atomic E-state index is -0.570. The van der Waals surface area contributed by atoms with Gasteiger partial charge in [0.2, 0.25) is 5.91 Å². The first kappa shape index (κ1) is 29.0. The van der Waals surface area contributed by atoms with E-state index < -0.39 is 11.5 Å². The van der Waals surface area contributed by atoms with Crippen molar-refractivity contribution in [1.29, 1.82) is 0 Å². The quantitative estimate of drug-likeness (QED) is 0.168. The third kappa shape index (κ3) is 5.26. The minimum absolute atomic E-state index is 0.0177. The van der Waals surface area contributed by atoms with Crippen molar-refractivity contribution in [2.75, 3.05) is 31.1 Å². The summed E-state index contributed by atoms with van der Waals surface area (Å²) >= 11 is 6.75. The number of aromatic nitrogens is 4. The molecule has 3 aromatic heterocycles. The smallest absolute Gasteiger partial charge is 0.350 e. The van der Waals surface area contributed by atoms with Crippen molar-refractivity contribution in [2.45, 2.75) is 39.7 Å². The molecule has 4 heterocycles. The molecule has 4 aromatic rings. The van der Waals surface area contributed by atoms with E-state index in [1.54, 1.807) is 35.4 Å². The van der Waals surface area contributed by atoms with Crippen LogP contribution in [0.15, 0.2) is 52.5 Å². The zero-order chi connectivity index (χ0) is 30.1. The second kappa shape index (κ2) is 11.8. The van der Waals surface area contributed by atoms with Crippen molar-refractivity contribution in [3.63, 3.8) is 0 Å². The summed E-state index contributed by atoms with van der Waals surface area (Å²) in [4.78, 5) is 46.6. The molecule has 1 aliphatic rings. The van der Waals surface area contributed by atoms with Crippen LogP contribution in [-0.4, -0.2) is 62.5 Å². The van der Waals surface area contributed by atoms with Gasteiger partial charge in [-0.15, -0.1) is 0 Å². The van der Waals surface area contributed by atoms with Crippen molar-refractivity contribution < 1.29 is 9.18 Å². The van der Waals surface area contributed by atoms with Gasteiger partial charge >= 0.3 is 5.69 Å². The highest BCUT2D eigenvalue weighted by Crippen LogP contribution is 2.36. The molecule has 1 aromatic carbocycles. The van der Waals surface area contributed by atoms with Crippen LogP contribution in [0.3, 0.4) is 0 Å². The van der Waals surface area contributed by atoms with Crippen LogP contribution >= 0.6 is 11.6 Å². The third-order valence-electron chi connectivity index (χ3n) is 7.38. The molecule has 5 rings (SSSR count). The van der Waals surface area contributed by atoms with Gasteiger partial charge in [-0.2, -0.15) is 4.98 Å². The van der Waals surface area contributed by atoms with Crippen LogP contribution in [0, 0.1) is 12.7 Å². The molecular formula is C29H29ClFN9O2. The Bertz CT molecular complexity index is 1800. The normalized spacial score (nSPS) is 15.3. The number of benzene rings is 1. The molecule has 13 heteroatoms. The Morgan fingerprint density at radius 1 is 1.24 bits per heavy atom. The third-order valence-corrected chi connectivity index (χ3v) is 7.66. The predicted octanol–water partition coefficient (Wildman–Crippen LogP) is 5.41. The Kier molecular flexibility index (Phi) is 8.11. The number of hydrogen-bond acceptors (Lipinski definition) is 7. The number of rotatable bonds is 6. The van der Waals surface area contributed by atoms with Gasteiger partial charge in [0.15, 0.2) is 5.65 Å². The number of halogens is 2. The van der Waals surface area contributed by atoms with Gasteiger partial charge in [0, 0.05) is 42.3 Å². The lowest BCUT2D eigenvalue weighted by atomic mass is 10.0. The molecule has 42 heavy (non-hydrogen) atoms. The van der Waals surface area contributed by atoms with Crippen LogP contribution in [0.25, 0.3) is 38.4 Å². The van der Waals surface area contributed by atoms with E-state index in [0.29, 0.717) is 42.2 Å². The summed E-state index contributed by atoms with van der Waals surface area (Å²) in [5.41, 5.74) is 10.7. The molecule has 0 saturated carbocycles. The number of pyridine rings is 2. The molecule has 1 fully saturated rings. The SMILES string of the molecule is Cc1ccnc(C(C)C)c1-n1c(=O)nc(N2CCN(C(=O)CN=[N+]=[N-])C[C@@H]2C)c2cc(Cl)c(-c3ccccc3F)nc21. The highest BCUT2D eigenvalue weighted by Gasteiger charge is 2.31. The zero-order valence-electron chi connectivity index (χ0n) is 23.6. The van der Waals surface area contributed by atoms with Gasteiger partial charge in [-0.1, -0.05) is 42.7 Å². The molecule has 1 amide bonds. The Balaban J connectivity index is 1.75. The van der Waals surface area contributed by atoms with Gasteiger partial charge in [-0.25, -0.2) is 18.7 Å². The second-order valence-corrected chi connectivity index (χ2v) is 10.9. The van der Waals surface area contributed by atoms with Crippen LogP contribution in [0.2, 0.25) is 5.02 Å². The fourth-order valence-corrected chi connectivity index (χ4v) is 5.60. The van der Waals surface area contributed by atoms with Gasteiger partial charge < -0.3 is 9.80 Å². The number of amides is 1. The summed E-state index contributed by atoms with van der Waals surface area (Å²) in [7, 11) is 0. The molecule has 1 saturated heterocycles. The van der Waals surface area contributed by atoms with Crippen LogP contribution in [0.4, 0.5) is 10.2 Å². The van der Waals surface area contributed by atoms with Crippen molar-refractivity contribution in [1.82, 2.24) is 24.4 Å². The van der Waals surface area contributed by atoms with Crippen molar-refractivity contribution in [3.05, 3.63) is 85.6 Å². The fourth-order valence-electron chi connectivity index (χ4n) is 5.34. The molecule has 1 atom stereocenters. The number of carbonyl (C=O) groups excluding carboxylic acids is 1. The molecule has 1 aliphatic heterocycles. The maximum absolute atomic E-state index is 14.9. The standard InChI is InChI=1S/C29H29ClFN9O2/c1-16(2)24-26(17(3)9-10-33-24)40-28-20(13-21(30)25(35-28)19-7-5-6-8-22(19)31)27(36-29(40)42)39-12-11-38(15-18(39)4)23(41)14-34-37-32/h5-10,13,16,18H,11-12,14-15H2,1-4H3/t18-/m0/s1. The van der Waals surface area contributed by atoms with E-state index in [4.69, 9.17) is 22.1 Å². The summed E-state index contributed by atoms with van der Waals surface area (Å²) < 4.78 is 16.4. The summed E-state index contributed by atoms with van der Waals surface area (Å²) in [5.74, 6) is -0.427. The fraction of sp³-hybridized carbons (Fsp3) is 0.345. The molecule has 0 unspecified atom stereocenters. The van der Waals surface area contributed by atoms with E-state index in [-0.39, 0.29) is 46.3 Å². The Hall–Kier alpha value is -4.54. The lowest BCUT2D eigenvalue weighted by molar-refractivity contribution is -0.130. The maximum atomic E-state index is 14.9. The lowest BCUT2D eigenvalue weighted by Gasteiger charge is -2.40. The second-order valence-electron chi connectivity index (χ2n) is 10.5. The van der Waals surface area contributed by atoms with E-state index in [2.05, 4.69) is 20.0 Å². The van der Waals surface area contributed by atoms with Crippen molar-refractivity contribution >= 4 is 34.4 Å². The first-order valence-corrected chi connectivity index (χ1v) is 13.9. The average Bonchev–Trinajstić information content (AvgIpc) is 2.96. The Labute approximate surface area is 246 Å². The number of azide groups is 1. The number of piperazine rings is 1. The number of hydrogen-bond donors (Lipinski definition) is 0. The predicted molar refractivity (Wildman–Crippen MR) is 160 cm³/mol. The number of anilines is 1. The van der Waals surface area contributed by atoms with Crippen LogP contribution in [0.5, 0.6) is 0 Å². The number of nitrogens with zero attached hydrogens (tertiary/aromatic N) is 9. The Morgan fingerprint density at radius 2 is 2.00 bits per heavy atom. The monoisotopic (exact) mass is 589 g/mol. The van der Waals surface area contributed by atoms with Crippen molar-refractivity contribution in [2.24, 2.45) is 5.11 Å². The molecule has 0 spiro atoms. The van der Waals surface area contributed by atoms with E-state index in [0.717, 1.165) is 5.56 Å². The number of fused-ring (bicyclic) bond motifs is 1. The Morgan fingerprint density at radius 3 is 2.69 bits per heavy atom. The van der Waals surface area contributed by atoms with E-state index in [1.165, 1.54) is 10.6 Å². The maximum Gasteiger partial charge on any atom is 0.355 e. The minimum Gasteiger partial charge on any atom is -0.350 e. The van der Waals surface area contributed by atoms with Crippen LogP contribution in [0.1, 0.15) is 37.9 Å². The topological polar surface area (TPSA) is 133 Å². The summed E-state index contributed by atoms with van der Waals surface area (Å²) in [6, 6.07) is 9.43. The van der Waals surface area contributed by atoms with E-state index in [1.807, 2.05) is 38.7 Å². The van der Waals surface area contributed by atoms with E-state index >= 15 is 0 Å². The molecule has 216 valence electrons. The van der Waals surface area contributed by atoms with Crippen LogP contribution in [-0.2, 0) is 4.79 Å². The van der Waals surface area contributed by atoms with Gasteiger partial charge in [0.25, 0.3) is 0 Å².